The van der Waals surface area contributed by atoms with Crippen LogP contribution in [0.25, 0.3) is 11.0 Å². The molecule has 0 unspecified atom stereocenters. The number of hydrogen-bond donors (Lipinski definition) is 1. The minimum Gasteiger partial charge on any atom is -0.329 e. The molecule has 2 N–H and O–H groups in total. The lowest BCUT2D eigenvalue weighted by molar-refractivity contribution is 0.586. The largest absolute Gasteiger partial charge is 0.329 e. The normalized spacial score (nSPS) is 21.4. The molecule has 0 spiro atoms. The van der Waals surface area contributed by atoms with Crippen molar-refractivity contribution in [1.82, 2.24) is 9.55 Å². The molecular formula is C14H16ClN3. The van der Waals surface area contributed by atoms with Crippen LogP contribution in [-0.2, 0) is 5.41 Å². The molecule has 2 aromatic rings. The number of rotatable bonds is 3. The van der Waals surface area contributed by atoms with Gasteiger partial charge in [-0.05, 0) is 37.8 Å². The van der Waals surface area contributed by atoms with E-state index in [1.807, 2.05) is 12.1 Å². The number of nitrogens with two attached hydrogens (primary N) is 1. The molecule has 2 aliphatic carbocycles. The van der Waals surface area contributed by atoms with Gasteiger partial charge in [0.15, 0.2) is 0 Å². The van der Waals surface area contributed by atoms with Gasteiger partial charge in [-0.3, -0.25) is 0 Å². The molecule has 1 aromatic heterocycles. The summed E-state index contributed by atoms with van der Waals surface area (Å²) in [6.45, 7) is 0.695. The quantitative estimate of drug-likeness (QED) is 0.923. The summed E-state index contributed by atoms with van der Waals surface area (Å²) < 4.78 is 2.37. The van der Waals surface area contributed by atoms with E-state index in [9.17, 15) is 0 Å². The minimum atomic E-state index is 0.130. The summed E-state index contributed by atoms with van der Waals surface area (Å²) in [7, 11) is 0. The molecule has 0 aliphatic heterocycles. The minimum absolute atomic E-state index is 0.130. The second-order valence-corrected chi connectivity index (χ2v) is 6.04. The highest BCUT2D eigenvalue weighted by Gasteiger charge is 2.48. The van der Waals surface area contributed by atoms with Crippen LogP contribution in [0.1, 0.15) is 37.5 Å². The third kappa shape index (κ3) is 1.38. The van der Waals surface area contributed by atoms with Gasteiger partial charge in [0.1, 0.15) is 5.82 Å². The van der Waals surface area contributed by atoms with Crippen LogP contribution < -0.4 is 5.73 Å². The van der Waals surface area contributed by atoms with Crippen molar-refractivity contribution >= 4 is 22.6 Å². The Bertz CT molecular complexity index is 623. The van der Waals surface area contributed by atoms with Gasteiger partial charge >= 0.3 is 0 Å². The molecule has 18 heavy (non-hydrogen) atoms. The third-order valence-electron chi connectivity index (χ3n) is 4.29. The molecule has 2 aliphatic rings. The Kier molecular flexibility index (Phi) is 2.10. The van der Waals surface area contributed by atoms with Crippen molar-refractivity contribution in [1.29, 1.82) is 0 Å². The summed E-state index contributed by atoms with van der Waals surface area (Å²) in [6.07, 6.45) is 4.81. The Labute approximate surface area is 111 Å². The number of para-hydroxylation sites is 1. The Morgan fingerprint density at radius 2 is 2.17 bits per heavy atom. The number of hydrogen-bond acceptors (Lipinski definition) is 2. The van der Waals surface area contributed by atoms with E-state index < -0.39 is 0 Å². The summed E-state index contributed by atoms with van der Waals surface area (Å²) in [5.74, 6) is 1.18. The van der Waals surface area contributed by atoms with Crippen molar-refractivity contribution in [3.05, 3.63) is 29.0 Å². The SMILES string of the molecule is NCC1(c2nc3cccc(Cl)c3n2C2CC2)CC1. The smallest absolute Gasteiger partial charge is 0.117 e. The Morgan fingerprint density at radius 3 is 2.78 bits per heavy atom. The predicted octanol–water partition coefficient (Wildman–Crippen LogP) is 3.01. The van der Waals surface area contributed by atoms with Crippen molar-refractivity contribution in [2.45, 2.75) is 37.1 Å². The average molecular weight is 262 g/mol. The monoisotopic (exact) mass is 261 g/mol. The number of nitrogens with zero attached hydrogens (tertiary/aromatic N) is 2. The van der Waals surface area contributed by atoms with Crippen LogP contribution in [0.5, 0.6) is 0 Å². The molecule has 1 aromatic carbocycles. The van der Waals surface area contributed by atoms with Gasteiger partial charge in [-0.1, -0.05) is 17.7 Å². The molecule has 0 saturated heterocycles. The maximum absolute atomic E-state index is 6.37. The Morgan fingerprint density at radius 1 is 1.39 bits per heavy atom. The summed E-state index contributed by atoms with van der Waals surface area (Å²) in [4.78, 5) is 4.84. The predicted molar refractivity (Wildman–Crippen MR) is 73.0 cm³/mol. The zero-order valence-electron chi connectivity index (χ0n) is 10.2. The van der Waals surface area contributed by atoms with Crippen molar-refractivity contribution < 1.29 is 0 Å². The van der Waals surface area contributed by atoms with Crippen LogP contribution >= 0.6 is 11.6 Å². The lowest BCUT2D eigenvalue weighted by atomic mass is 10.1. The number of imidazole rings is 1. The van der Waals surface area contributed by atoms with Gasteiger partial charge < -0.3 is 10.3 Å². The summed E-state index contributed by atoms with van der Waals surface area (Å²) in [5, 5.41) is 0.811. The van der Waals surface area contributed by atoms with Crippen LogP contribution in [0.3, 0.4) is 0 Å². The number of aromatic nitrogens is 2. The molecule has 3 nitrogen and oxygen atoms in total. The van der Waals surface area contributed by atoms with E-state index in [0.29, 0.717) is 12.6 Å². The van der Waals surface area contributed by atoms with E-state index in [4.69, 9.17) is 22.3 Å². The number of benzene rings is 1. The first-order valence-corrected chi connectivity index (χ1v) is 7.00. The van der Waals surface area contributed by atoms with Gasteiger partial charge in [0, 0.05) is 18.0 Å². The number of halogens is 1. The van der Waals surface area contributed by atoms with Crippen molar-refractivity contribution in [2.75, 3.05) is 6.54 Å². The third-order valence-corrected chi connectivity index (χ3v) is 4.60. The van der Waals surface area contributed by atoms with Crippen LogP contribution in [0.2, 0.25) is 5.02 Å². The molecule has 4 heteroatoms. The molecule has 2 fully saturated rings. The second kappa shape index (κ2) is 3.49. The highest BCUT2D eigenvalue weighted by atomic mass is 35.5. The summed E-state index contributed by atoms with van der Waals surface area (Å²) in [6, 6.07) is 6.57. The van der Waals surface area contributed by atoms with E-state index in [-0.39, 0.29) is 5.41 Å². The van der Waals surface area contributed by atoms with Crippen LogP contribution in [0.4, 0.5) is 0 Å². The van der Waals surface area contributed by atoms with E-state index in [1.54, 1.807) is 0 Å². The summed E-state index contributed by atoms with van der Waals surface area (Å²) in [5.41, 5.74) is 8.22. The Balaban J connectivity index is 2.02. The maximum Gasteiger partial charge on any atom is 0.117 e. The molecule has 94 valence electrons. The first kappa shape index (κ1) is 10.8. The fraction of sp³-hybridized carbons (Fsp3) is 0.500. The van der Waals surface area contributed by atoms with E-state index in [2.05, 4.69) is 10.6 Å². The fourth-order valence-electron chi connectivity index (χ4n) is 2.84. The van der Waals surface area contributed by atoms with Gasteiger partial charge in [-0.25, -0.2) is 4.98 Å². The first-order valence-electron chi connectivity index (χ1n) is 6.62. The molecule has 0 radical (unpaired) electrons. The molecule has 0 amide bonds. The number of fused-ring (bicyclic) bond motifs is 1. The topological polar surface area (TPSA) is 43.8 Å². The summed E-state index contributed by atoms with van der Waals surface area (Å²) >= 11 is 6.37. The van der Waals surface area contributed by atoms with E-state index >= 15 is 0 Å². The van der Waals surface area contributed by atoms with Crippen LogP contribution in [0.15, 0.2) is 18.2 Å². The highest BCUT2D eigenvalue weighted by molar-refractivity contribution is 6.35. The molecule has 0 atom stereocenters. The molecule has 4 rings (SSSR count). The van der Waals surface area contributed by atoms with Gasteiger partial charge in [0.25, 0.3) is 0 Å². The van der Waals surface area contributed by atoms with Gasteiger partial charge in [0.05, 0.1) is 16.1 Å². The molecule has 1 heterocycles. The van der Waals surface area contributed by atoms with Crippen molar-refractivity contribution in [3.63, 3.8) is 0 Å². The average Bonchev–Trinajstić information content (AvgIpc) is 3.28. The zero-order chi connectivity index (χ0) is 12.3. The second-order valence-electron chi connectivity index (χ2n) is 5.63. The van der Waals surface area contributed by atoms with Gasteiger partial charge in [-0.2, -0.15) is 0 Å². The van der Waals surface area contributed by atoms with Gasteiger partial charge in [-0.15, -0.1) is 0 Å². The van der Waals surface area contributed by atoms with Crippen molar-refractivity contribution in [2.24, 2.45) is 5.73 Å². The van der Waals surface area contributed by atoms with Crippen LogP contribution in [0, 0.1) is 0 Å². The van der Waals surface area contributed by atoms with Crippen LogP contribution in [-0.4, -0.2) is 16.1 Å². The van der Waals surface area contributed by atoms with Gasteiger partial charge in [0.2, 0.25) is 0 Å². The standard InChI is InChI=1S/C14H16ClN3/c15-10-2-1-3-11-12(10)18(9-4-5-9)13(17-11)14(8-16)6-7-14/h1-3,9H,4-8,16H2. The zero-order valence-corrected chi connectivity index (χ0v) is 11.0. The first-order chi connectivity index (χ1) is 8.75. The highest BCUT2D eigenvalue weighted by Crippen LogP contribution is 2.51. The fourth-order valence-corrected chi connectivity index (χ4v) is 3.10. The lowest BCUT2D eigenvalue weighted by Gasteiger charge is -2.15. The lowest BCUT2D eigenvalue weighted by Crippen LogP contribution is -2.24. The molecular weight excluding hydrogens is 246 g/mol. The van der Waals surface area contributed by atoms with E-state index in [0.717, 1.165) is 28.9 Å². The van der Waals surface area contributed by atoms with E-state index in [1.165, 1.54) is 18.7 Å². The Hall–Kier alpha value is -1.06. The molecule has 0 bridgehead atoms. The molecule has 2 saturated carbocycles. The maximum atomic E-state index is 6.37. The van der Waals surface area contributed by atoms with Crippen molar-refractivity contribution in [3.8, 4) is 0 Å².